The van der Waals surface area contributed by atoms with Gasteiger partial charge in [0, 0.05) is 0 Å². The van der Waals surface area contributed by atoms with Gasteiger partial charge in [0.1, 0.15) is 14.9 Å². The van der Waals surface area contributed by atoms with E-state index in [-0.39, 0.29) is 0 Å². The van der Waals surface area contributed by atoms with Gasteiger partial charge in [-0.1, -0.05) is 23.2 Å². The fourth-order valence-corrected chi connectivity index (χ4v) is 2.25. The molecule has 0 aliphatic rings. The van der Waals surface area contributed by atoms with Crippen molar-refractivity contribution in [2.75, 3.05) is 0 Å². The molecule has 0 aliphatic carbocycles. The largest absolute Gasteiger partial charge is 0.242 e. The number of benzene rings is 1. The molecule has 0 atom stereocenters. The van der Waals surface area contributed by atoms with Gasteiger partial charge in [0.05, 0.1) is 0 Å². The molecule has 0 heterocycles. The summed E-state index contributed by atoms with van der Waals surface area (Å²) in [5, 5.41) is 1.96. The number of rotatable bonds is 1. The fraction of sp³-hybridized carbons (Fsp3) is 0. The lowest BCUT2D eigenvalue weighted by molar-refractivity contribution is 0.483. The van der Waals surface area contributed by atoms with E-state index in [0.717, 1.165) is 0 Å². The van der Waals surface area contributed by atoms with E-state index in [0.29, 0.717) is 0 Å². The Balaban J connectivity index is 3.84. The molecule has 0 saturated heterocycles. The molecule has 0 saturated carbocycles. The molecule has 1 rings (SSSR count). The summed E-state index contributed by atoms with van der Waals surface area (Å²) in [6.45, 7) is 0. The molecule has 3 nitrogen and oxygen atoms in total. The van der Waals surface area contributed by atoms with Crippen LogP contribution in [0.1, 0.15) is 0 Å². The number of hydrogen-bond donors (Lipinski definition) is 1. The molecule has 0 aliphatic heterocycles. The van der Waals surface area contributed by atoms with Crippen LogP contribution in [0, 0.1) is 17.5 Å². The van der Waals surface area contributed by atoms with Crippen molar-refractivity contribution in [2.45, 2.75) is 4.90 Å². The van der Waals surface area contributed by atoms with Gasteiger partial charge in [0.2, 0.25) is 10.0 Å². The van der Waals surface area contributed by atoms with Gasteiger partial charge in [-0.15, -0.1) is 0 Å². The maximum atomic E-state index is 13.1. The lowest BCUT2D eigenvalue weighted by atomic mass is 10.3. The molecule has 0 fully saturated rings. The molecule has 84 valence electrons. The Bertz CT molecular complexity index is 503. The fourth-order valence-electron chi connectivity index (χ4n) is 0.835. The smallest absolute Gasteiger partial charge is 0.224 e. The van der Waals surface area contributed by atoms with Crippen molar-refractivity contribution in [2.24, 2.45) is 5.14 Å². The molecule has 0 bridgehead atoms. The van der Waals surface area contributed by atoms with E-state index in [9.17, 15) is 21.6 Å². The van der Waals surface area contributed by atoms with Crippen LogP contribution in [-0.4, -0.2) is 8.42 Å². The Morgan fingerprint density at radius 3 is 1.73 bits per heavy atom. The van der Waals surface area contributed by atoms with Gasteiger partial charge in [0.25, 0.3) is 0 Å². The highest BCUT2D eigenvalue weighted by molar-refractivity contribution is 7.89. The van der Waals surface area contributed by atoms with Crippen LogP contribution in [-0.2, 0) is 10.0 Å². The normalized spacial score (nSPS) is 11.9. The van der Waals surface area contributed by atoms with Crippen molar-refractivity contribution in [3.05, 3.63) is 27.5 Å². The monoisotopic (exact) mass is 279 g/mol. The zero-order valence-electron chi connectivity index (χ0n) is 6.69. The maximum Gasteiger partial charge on any atom is 0.242 e. The van der Waals surface area contributed by atoms with Crippen LogP contribution in [0.2, 0.25) is 10.0 Å². The number of sulfonamides is 1. The Morgan fingerprint density at radius 1 is 0.933 bits per heavy atom. The molecular formula is C6H2Cl2F3NO2S. The topological polar surface area (TPSA) is 60.2 Å². The zero-order valence-corrected chi connectivity index (χ0v) is 9.02. The average molecular weight is 280 g/mol. The van der Waals surface area contributed by atoms with E-state index in [1.807, 2.05) is 0 Å². The second-order valence-electron chi connectivity index (χ2n) is 2.44. The van der Waals surface area contributed by atoms with Crippen LogP contribution in [0.5, 0.6) is 0 Å². The van der Waals surface area contributed by atoms with Gasteiger partial charge in [-0.05, 0) is 0 Å². The minimum absolute atomic E-state index is 1.27. The number of halogens is 5. The van der Waals surface area contributed by atoms with Crippen LogP contribution in [0.4, 0.5) is 13.2 Å². The molecule has 1 aromatic rings. The van der Waals surface area contributed by atoms with Crippen molar-refractivity contribution < 1.29 is 21.6 Å². The molecule has 2 N–H and O–H groups in total. The second-order valence-corrected chi connectivity index (χ2v) is 4.70. The summed E-state index contributed by atoms with van der Waals surface area (Å²) in [6, 6.07) is 0. The van der Waals surface area contributed by atoms with E-state index >= 15 is 0 Å². The SMILES string of the molecule is NS(=O)(=O)c1c(F)c(Cl)c(F)c(F)c1Cl. The van der Waals surface area contributed by atoms with Gasteiger partial charge in [0.15, 0.2) is 17.5 Å². The molecule has 1 aromatic carbocycles. The summed E-state index contributed by atoms with van der Waals surface area (Å²) >= 11 is 10.1. The van der Waals surface area contributed by atoms with Gasteiger partial charge >= 0.3 is 0 Å². The Labute approximate surface area is 92.6 Å². The summed E-state index contributed by atoms with van der Waals surface area (Å²) in [7, 11) is -4.62. The van der Waals surface area contributed by atoms with E-state index in [1.54, 1.807) is 0 Å². The minimum Gasteiger partial charge on any atom is -0.224 e. The van der Waals surface area contributed by atoms with Crippen LogP contribution in [0.25, 0.3) is 0 Å². The third-order valence-electron chi connectivity index (χ3n) is 1.45. The molecule has 15 heavy (non-hydrogen) atoms. The van der Waals surface area contributed by atoms with E-state index in [4.69, 9.17) is 23.2 Å². The first-order valence-corrected chi connectivity index (χ1v) is 5.52. The van der Waals surface area contributed by atoms with Crippen LogP contribution in [0.3, 0.4) is 0 Å². The van der Waals surface area contributed by atoms with E-state index in [1.165, 1.54) is 0 Å². The average Bonchev–Trinajstić information content (AvgIpc) is 2.09. The van der Waals surface area contributed by atoms with E-state index in [2.05, 4.69) is 5.14 Å². The summed E-state index contributed by atoms with van der Waals surface area (Å²) < 4.78 is 60.3. The van der Waals surface area contributed by atoms with Crippen molar-refractivity contribution in [3.63, 3.8) is 0 Å². The molecule has 0 unspecified atom stereocenters. The van der Waals surface area contributed by atoms with Crippen LogP contribution >= 0.6 is 23.2 Å². The quantitative estimate of drug-likeness (QED) is 0.632. The predicted molar refractivity (Wildman–Crippen MR) is 47.7 cm³/mol. The third-order valence-corrected chi connectivity index (χ3v) is 3.21. The lowest BCUT2D eigenvalue weighted by Crippen LogP contribution is -2.16. The summed E-state index contributed by atoms with van der Waals surface area (Å²) in [5.41, 5.74) is 0. The predicted octanol–water partition coefficient (Wildman–Crippen LogP) is 2.06. The Morgan fingerprint density at radius 2 is 1.33 bits per heavy atom. The Kier molecular flexibility index (Phi) is 3.20. The summed E-state index contributed by atoms with van der Waals surface area (Å²) in [4.78, 5) is -1.37. The second kappa shape index (κ2) is 3.82. The summed E-state index contributed by atoms with van der Waals surface area (Å²) in [6.07, 6.45) is 0. The lowest BCUT2D eigenvalue weighted by Gasteiger charge is -2.07. The highest BCUT2D eigenvalue weighted by Gasteiger charge is 2.28. The van der Waals surface area contributed by atoms with Crippen LogP contribution in [0.15, 0.2) is 4.90 Å². The standard InChI is InChI=1S/C6H2Cl2F3NO2S/c7-1-3(9)4(10)2(8)6(5(1)11)15(12,13)14/h(H2,12,13,14). The molecular weight excluding hydrogens is 278 g/mol. The number of nitrogens with two attached hydrogens (primary N) is 1. The van der Waals surface area contributed by atoms with Gasteiger partial charge in [-0.3, -0.25) is 0 Å². The van der Waals surface area contributed by atoms with Crippen molar-refractivity contribution in [1.29, 1.82) is 0 Å². The first-order valence-electron chi connectivity index (χ1n) is 3.22. The molecule has 0 amide bonds. The van der Waals surface area contributed by atoms with Gasteiger partial charge in [-0.2, -0.15) is 0 Å². The summed E-state index contributed by atoms with van der Waals surface area (Å²) in [5.74, 6) is -5.26. The van der Waals surface area contributed by atoms with Gasteiger partial charge < -0.3 is 0 Å². The number of primary sulfonamides is 1. The molecule has 9 heteroatoms. The Hall–Kier alpha value is -0.500. The first kappa shape index (κ1) is 12.6. The highest BCUT2D eigenvalue weighted by atomic mass is 35.5. The van der Waals surface area contributed by atoms with Gasteiger partial charge in [-0.25, -0.2) is 26.7 Å². The maximum absolute atomic E-state index is 13.1. The van der Waals surface area contributed by atoms with Crippen LogP contribution < -0.4 is 5.14 Å². The molecule has 0 radical (unpaired) electrons. The van der Waals surface area contributed by atoms with E-state index < -0.39 is 42.4 Å². The van der Waals surface area contributed by atoms with Crippen molar-refractivity contribution >= 4 is 33.2 Å². The van der Waals surface area contributed by atoms with Crippen molar-refractivity contribution in [3.8, 4) is 0 Å². The zero-order chi connectivity index (χ0) is 12.0. The van der Waals surface area contributed by atoms with Crippen molar-refractivity contribution in [1.82, 2.24) is 0 Å². The third kappa shape index (κ3) is 2.05. The minimum atomic E-state index is -4.62. The highest BCUT2D eigenvalue weighted by Crippen LogP contribution is 2.33. The number of hydrogen-bond acceptors (Lipinski definition) is 2. The molecule has 0 aromatic heterocycles. The first-order chi connectivity index (χ1) is 6.68. The molecule has 0 spiro atoms.